The molecule has 5 heteroatoms. The van der Waals surface area contributed by atoms with E-state index in [-0.39, 0.29) is 6.61 Å². The highest BCUT2D eigenvalue weighted by molar-refractivity contribution is 6.06. The van der Waals surface area contributed by atoms with Crippen molar-refractivity contribution < 1.29 is 14.6 Å². The lowest BCUT2D eigenvalue weighted by molar-refractivity contribution is 0.144. The molecular formula is C27H28N2O3. The average Bonchev–Trinajstić information content (AvgIpc) is 2.76. The number of carboxylic acid groups (broad SMARTS) is 1. The monoisotopic (exact) mass is 428 g/mol. The smallest absolute Gasteiger partial charge is 0.405 e. The van der Waals surface area contributed by atoms with Crippen molar-refractivity contribution in [1.82, 2.24) is 10.3 Å². The second kappa shape index (κ2) is 8.87. The molecule has 4 aromatic rings. The van der Waals surface area contributed by atoms with Crippen LogP contribution < -0.4 is 10.1 Å². The summed E-state index contributed by atoms with van der Waals surface area (Å²) in [6.45, 7) is 6.29. The lowest BCUT2D eigenvalue weighted by Crippen LogP contribution is -2.50. The van der Waals surface area contributed by atoms with Crippen LogP contribution in [0, 0.1) is 5.92 Å². The Kier molecular flexibility index (Phi) is 5.99. The van der Waals surface area contributed by atoms with Gasteiger partial charge in [0.1, 0.15) is 12.4 Å². The van der Waals surface area contributed by atoms with Crippen LogP contribution in [0.15, 0.2) is 72.9 Å². The Labute approximate surface area is 188 Å². The minimum atomic E-state index is -1.04. The molecule has 0 saturated heterocycles. The zero-order valence-corrected chi connectivity index (χ0v) is 18.6. The summed E-state index contributed by atoms with van der Waals surface area (Å²) in [7, 11) is 0. The molecule has 164 valence electrons. The summed E-state index contributed by atoms with van der Waals surface area (Å²) in [6, 6.07) is 22.4. The predicted molar refractivity (Wildman–Crippen MR) is 129 cm³/mol. The standard InChI is InChI=1S/C27H28N2O3/c1-18(2)16-27(3,29-26(30)31)17-32-25-13-12-20(19-8-4-5-10-23(19)25)21-14-15-28-24-11-7-6-9-22(21)24/h4-15,18,29H,16-17H2,1-3H3,(H,30,31). The molecular weight excluding hydrogens is 400 g/mol. The third-order valence-corrected chi connectivity index (χ3v) is 5.64. The zero-order chi connectivity index (χ0) is 22.7. The topological polar surface area (TPSA) is 71.5 Å². The molecule has 3 aromatic carbocycles. The number of hydrogen-bond donors (Lipinski definition) is 2. The zero-order valence-electron chi connectivity index (χ0n) is 18.6. The van der Waals surface area contributed by atoms with Crippen molar-refractivity contribution in [2.45, 2.75) is 32.7 Å². The first-order valence-electron chi connectivity index (χ1n) is 10.9. The lowest BCUT2D eigenvalue weighted by atomic mass is 9.91. The first-order valence-corrected chi connectivity index (χ1v) is 10.9. The van der Waals surface area contributed by atoms with Crippen molar-refractivity contribution in [1.29, 1.82) is 0 Å². The maximum Gasteiger partial charge on any atom is 0.405 e. The van der Waals surface area contributed by atoms with E-state index in [1.807, 2.05) is 61.7 Å². The summed E-state index contributed by atoms with van der Waals surface area (Å²) in [5.74, 6) is 1.07. The molecule has 2 N–H and O–H groups in total. The van der Waals surface area contributed by atoms with Gasteiger partial charge in [0.25, 0.3) is 0 Å². The van der Waals surface area contributed by atoms with Gasteiger partial charge in [0.05, 0.1) is 11.1 Å². The summed E-state index contributed by atoms with van der Waals surface area (Å²) in [5.41, 5.74) is 2.51. The number of nitrogens with zero attached hydrogens (tertiary/aromatic N) is 1. The van der Waals surface area contributed by atoms with Crippen molar-refractivity contribution >= 4 is 27.8 Å². The van der Waals surface area contributed by atoms with Gasteiger partial charge >= 0.3 is 6.09 Å². The normalized spacial score (nSPS) is 13.2. The summed E-state index contributed by atoms with van der Waals surface area (Å²) < 4.78 is 6.23. The average molecular weight is 429 g/mol. The van der Waals surface area contributed by atoms with Crippen molar-refractivity contribution in [3.05, 3.63) is 72.9 Å². The van der Waals surface area contributed by atoms with E-state index in [4.69, 9.17) is 4.74 Å². The Bertz CT molecular complexity index is 1260. The fourth-order valence-electron chi connectivity index (χ4n) is 4.51. The van der Waals surface area contributed by atoms with Gasteiger partial charge in [-0.15, -0.1) is 0 Å². The molecule has 1 amide bonds. The van der Waals surface area contributed by atoms with E-state index < -0.39 is 11.6 Å². The van der Waals surface area contributed by atoms with Crippen LogP contribution >= 0.6 is 0 Å². The minimum absolute atomic E-state index is 0.249. The quantitative estimate of drug-likeness (QED) is 0.352. The van der Waals surface area contributed by atoms with Gasteiger partial charge in [-0.2, -0.15) is 0 Å². The third-order valence-electron chi connectivity index (χ3n) is 5.64. The maximum absolute atomic E-state index is 11.4. The van der Waals surface area contributed by atoms with Crippen LogP contribution in [-0.4, -0.2) is 28.3 Å². The summed E-state index contributed by atoms with van der Waals surface area (Å²) in [5, 5.41) is 15.1. The van der Waals surface area contributed by atoms with Gasteiger partial charge in [0.2, 0.25) is 0 Å². The Hall–Kier alpha value is -3.60. The van der Waals surface area contributed by atoms with E-state index in [0.29, 0.717) is 12.3 Å². The number of ether oxygens (including phenoxy) is 1. The first kappa shape index (κ1) is 21.6. The van der Waals surface area contributed by atoms with Crippen molar-refractivity contribution in [3.8, 4) is 16.9 Å². The molecule has 1 atom stereocenters. The van der Waals surface area contributed by atoms with Crippen LogP contribution in [0.1, 0.15) is 27.2 Å². The highest BCUT2D eigenvalue weighted by Gasteiger charge is 2.29. The second-order valence-electron chi connectivity index (χ2n) is 8.91. The molecule has 0 aliphatic rings. The fraction of sp³-hybridized carbons (Fsp3) is 0.259. The summed E-state index contributed by atoms with van der Waals surface area (Å²) in [6.07, 6.45) is 1.48. The molecule has 0 aliphatic heterocycles. The molecule has 5 nitrogen and oxygen atoms in total. The summed E-state index contributed by atoms with van der Waals surface area (Å²) >= 11 is 0. The Morgan fingerprint density at radius 2 is 1.62 bits per heavy atom. The number of amides is 1. The van der Waals surface area contributed by atoms with E-state index in [2.05, 4.69) is 42.3 Å². The SMILES string of the molecule is CC(C)CC(C)(COc1ccc(-c2ccnc3ccccc23)c2ccccc12)NC(=O)O. The van der Waals surface area contributed by atoms with Gasteiger partial charge < -0.3 is 15.2 Å². The number of para-hydroxylation sites is 1. The lowest BCUT2D eigenvalue weighted by Gasteiger charge is -2.31. The molecule has 0 fully saturated rings. The number of pyridine rings is 1. The van der Waals surface area contributed by atoms with Gasteiger partial charge in [0.15, 0.2) is 0 Å². The number of aromatic nitrogens is 1. The highest BCUT2D eigenvalue weighted by Crippen LogP contribution is 2.37. The number of fused-ring (bicyclic) bond motifs is 2. The molecule has 0 bridgehead atoms. The molecule has 1 unspecified atom stereocenters. The highest BCUT2D eigenvalue weighted by atomic mass is 16.5. The van der Waals surface area contributed by atoms with Crippen molar-refractivity contribution in [2.24, 2.45) is 5.92 Å². The molecule has 0 aliphatic carbocycles. The predicted octanol–water partition coefficient (Wildman–Crippen LogP) is 6.51. The summed E-state index contributed by atoms with van der Waals surface area (Å²) in [4.78, 5) is 15.8. The third kappa shape index (κ3) is 4.52. The Morgan fingerprint density at radius 1 is 0.969 bits per heavy atom. The number of nitrogens with one attached hydrogen (secondary N) is 1. The van der Waals surface area contributed by atoms with Gasteiger partial charge in [0, 0.05) is 17.0 Å². The number of rotatable bonds is 7. The van der Waals surface area contributed by atoms with Gasteiger partial charge in [-0.25, -0.2) is 4.79 Å². The van der Waals surface area contributed by atoms with Crippen LogP contribution in [0.2, 0.25) is 0 Å². The Morgan fingerprint density at radius 3 is 2.34 bits per heavy atom. The number of hydrogen-bond acceptors (Lipinski definition) is 3. The van der Waals surface area contributed by atoms with Crippen molar-refractivity contribution in [3.63, 3.8) is 0 Å². The molecule has 1 heterocycles. The maximum atomic E-state index is 11.4. The van der Waals surface area contributed by atoms with Crippen LogP contribution in [0.4, 0.5) is 4.79 Å². The molecule has 0 spiro atoms. The largest absolute Gasteiger partial charge is 0.491 e. The Balaban J connectivity index is 1.74. The van der Waals surface area contributed by atoms with E-state index in [1.54, 1.807) is 0 Å². The molecule has 4 rings (SSSR count). The van der Waals surface area contributed by atoms with Crippen LogP contribution in [0.3, 0.4) is 0 Å². The second-order valence-corrected chi connectivity index (χ2v) is 8.91. The van der Waals surface area contributed by atoms with Crippen molar-refractivity contribution in [2.75, 3.05) is 6.61 Å². The molecule has 0 saturated carbocycles. The minimum Gasteiger partial charge on any atom is -0.491 e. The van der Waals surface area contributed by atoms with Gasteiger partial charge in [-0.05, 0) is 54.0 Å². The van der Waals surface area contributed by atoms with Crippen LogP contribution in [-0.2, 0) is 0 Å². The van der Waals surface area contributed by atoms with E-state index >= 15 is 0 Å². The van der Waals surface area contributed by atoms with Crippen LogP contribution in [0.25, 0.3) is 32.8 Å². The van der Waals surface area contributed by atoms with E-state index in [1.165, 1.54) is 0 Å². The number of carbonyl (C=O) groups is 1. The molecule has 32 heavy (non-hydrogen) atoms. The number of benzene rings is 3. The molecule has 0 radical (unpaired) electrons. The van der Waals surface area contributed by atoms with E-state index in [9.17, 15) is 9.90 Å². The van der Waals surface area contributed by atoms with E-state index in [0.717, 1.165) is 38.6 Å². The molecule has 1 aromatic heterocycles. The first-order chi connectivity index (χ1) is 15.4. The van der Waals surface area contributed by atoms with Gasteiger partial charge in [-0.1, -0.05) is 62.4 Å². The van der Waals surface area contributed by atoms with Crippen LogP contribution in [0.5, 0.6) is 5.75 Å². The van der Waals surface area contributed by atoms with Gasteiger partial charge in [-0.3, -0.25) is 4.98 Å². The fourth-order valence-corrected chi connectivity index (χ4v) is 4.51.